The summed E-state index contributed by atoms with van der Waals surface area (Å²) in [7, 11) is -1.22. The molecule has 1 fully saturated rings. The Kier molecular flexibility index (Phi) is 9.71. The Morgan fingerprint density at radius 3 is 2.46 bits per heavy atom. The summed E-state index contributed by atoms with van der Waals surface area (Å²) in [4.78, 5) is 39.4. The molecule has 3 atom stereocenters. The van der Waals surface area contributed by atoms with Crippen LogP contribution in [0.4, 0.5) is 4.79 Å². The first-order chi connectivity index (χ1) is 16.7. The van der Waals surface area contributed by atoms with E-state index in [9.17, 15) is 18.9 Å². The second-order valence-electron chi connectivity index (χ2n) is 8.03. The zero-order chi connectivity index (χ0) is 25.4. The average molecular weight is 529 g/mol. The second-order valence-corrected chi connectivity index (χ2v) is 10.9. The molecule has 192 valence electrons. The molecule has 0 bridgehead atoms. The van der Waals surface area contributed by atoms with Crippen LogP contribution in [0.2, 0.25) is 0 Å². The molecule has 2 aliphatic carbocycles. The van der Waals surface area contributed by atoms with Crippen molar-refractivity contribution in [2.75, 3.05) is 40.1 Å². The Labute approximate surface area is 209 Å². The topological polar surface area (TPSA) is 135 Å². The van der Waals surface area contributed by atoms with Crippen LogP contribution in [0, 0.1) is 0 Å². The molecule has 0 spiro atoms. The van der Waals surface area contributed by atoms with Gasteiger partial charge in [-0.05, 0) is 25.0 Å². The van der Waals surface area contributed by atoms with Crippen LogP contribution in [0.1, 0.15) is 12.8 Å². The van der Waals surface area contributed by atoms with E-state index in [1.807, 2.05) is 6.08 Å². The first-order valence-electron chi connectivity index (χ1n) is 11.1. The summed E-state index contributed by atoms with van der Waals surface area (Å²) >= 11 is 5.99. The Bertz CT molecular complexity index is 988. The largest absolute Gasteiger partial charge is 0.370 e. The third-order valence-corrected chi connectivity index (χ3v) is 7.91. The number of halogens is 1. The minimum Gasteiger partial charge on any atom is -0.370 e. The van der Waals surface area contributed by atoms with Gasteiger partial charge in [0.1, 0.15) is 12.6 Å². The molecule has 0 aromatic carbocycles. The molecule has 11 nitrogen and oxygen atoms in total. The number of nitrogens with zero attached hydrogens (tertiary/aromatic N) is 1. The van der Waals surface area contributed by atoms with Gasteiger partial charge in [-0.15, -0.1) is 11.6 Å². The predicted octanol–water partition coefficient (Wildman–Crippen LogP) is 1.78. The van der Waals surface area contributed by atoms with Gasteiger partial charge in [0.25, 0.3) is 0 Å². The van der Waals surface area contributed by atoms with Gasteiger partial charge in [0, 0.05) is 32.2 Å². The quantitative estimate of drug-likeness (QED) is 0.306. The minimum atomic E-state index is -3.63. The molecule has 2 unspecified atom stereocenters. The summed E-state index contributed by atoms with van der Waals surface area (Å²) in [6.07, 6.45) is 11.2. The fourth-order valence-electron chi connectivity index (χ4n) is 3.70. The van der Waals surface area contributed by atoms with E-state index in [-0.39, 0.29) is 30.1 Å². The lowest BCUT2D eigenvalue weighted by molar-refractivity contribution is -0.144. The van der Waals surface area contributed by atoms with E-state index in [0.717, 1.165) is 0 Å². The highest BCUT2D eigenvalue weighted by Crippen LogP contribution is 2.46. The summed E-state index contributed by atoms with van der Waals surface area (Å²) in [5, 5.41) is 7.75. The normalized spacial score (nSPS) is 23.3. The van der Waals surface area contributed by atoms with E-state index >= 15 is 0 Å². The number of hydrogen-bond donors (Lipinski definition) is 3. The van der Waals surface area contributed by atoms with Crippen LogP contribution in [0.25, 0.3) is 0 Å². The number of urea groups is 1. The maximum atomic E-state index is 13.0. The van der Waals surface area contributed by atoms with Crippen LogP contribution in [0.5, 0.6) is 0 Å². The van der Waals surface area contributed by atoms with E-state index in [0.29, 0.717) is 37.4 Å². The predicted molar refractivity (Wildman–Crippen MR) is 130 cm³/mol. The molecule has 0 radical (unpaired) electrons. The molecule has 3 aliphatic rings. The first kappa shape index (κ1) is 27.2. The lowest BCUT2D eigenvalue weighted by Gasteiger charge is -2.33. The van der Waals surface area contributed by atoms with Gasteiger partial charge in [-0.1, -0.05) is 24.3 Å². The number of amides is 4. The first-order valence-corrected chi connectivity index (χ1v) is 13.3. The number of carbonyl (C=O) groups excluding carboxylic acids is 3. The van der Waals surface area contributed by atoms with Crippen molar-refractivity contribution >= 4 is 37.0 Å². The molecule has 0 aromatic heterocycles. The zero-order valence-electron chi connectivity index (χ0n) is 19.6. The number of rotatable bonds is 9. The van der Waals surface area contributed by atoms with Gasteiger partial charge in [0.15, 0.2) is 0 Å². The standard InChI is InChI=1S/C22H30ClN4O7P/c1-32-35(31,33-2)14-19(26-22(30)25-17-5-3-15(23)4-6-17)21(29)24-16-7-9-18(10-8-16)27-11-12-34-13-20(27)28/h3,5-9,15,18-19H,4,10-14H2,1-2H3,(H,24,29)(H2,25,26,30)/t15?,18?,19-/m0/s1. The summed E-state index contributed by atoms with van der Waals surface area (Å²) in [6, 6.07) is -2.01. The Balaban J connectivity index is 1.63. The van der Waals surface area contributed by atoms with E-state index in [1.165, 1.54) is 14.2 Å². The van der Waals surface area contributed by atoms with E-state index in [4.69, 9.17) is 25.4 Å². The van der Waals surface area contributed by atoms with Crippen LogP contribution in [0.3, 0.4) is 0 Å². The third-order valence-electron chi connectivity index (χ3n) is 5.66. The van der Waals surface area contributed by atoms with Crippen LogP contribution in [-0.4, -0.2) is 80.3 Å². The lowest BCUT2D eigenvalue weighted by Crippen LogP contribution is -2.51. The maximum Gasteiger partial charge on any atom is 0.332 e. The summed E-state index contributed by atoms with van der Waals surface area (Å²) < 4.78 is 27.8. The molecule has 1 saturated heterocycles. The van der Waals surface area contributed by atoms with Crippen molar-refractivity contribution in [3.05, 3.63) is 47.9 Å². The van der Waals surface area contributed by atoms with Crippen LogP contribution in [-0.2, 0) is 27.9 Å². The molecular weight excluding hydrogens is 499 g/mol. The Morgan fingerprint density at radius 2 is 1.86 bits per heavy atom. The van der Waals surface area contributed by atoms with Crippen molar-refractivity contribution in [3.8, 4) is 0 Å². The highest BCUT2D eigenvalue weighted by molar-refractivity contribution is 7.53. The number of allylic oxidation sites excluding steroid dienone is 4. The van der Waals surface area contributed by atoms with Crippen molar-refractivity contribution in [2.24, 2.45) is 0 Å². The van der Waals surface area contributed by atoms with Gasteiger partial charge in [0.05, 0.1) is 24.2 Å². The number of morpholine rings is 1. The Hall–Kier alpha value is -2.43. The molecule has 1 heterocycles. The number of carbonyl (C=O) groups is 3. The van der Waals surface area contributed by atoms with Crippen LogP contribution < -0.4 is 16.0 Å². The molecule has 4 amide bonds. The van der Waals surface area contributed by atoms with Gasteiger partial charge >= 0.3 is 13.6 Å². The molecule has 3 N–H and O–H groups in total. The van der Waals surface area contributed by atoms with E-state index in [1.54, 1.807) is 35.3 Å². The van der Waals surface area contributed by atoms with E-state index in [2.05, 4.69) is 16.0 Å². The second kappa shape index (κ2) is 12.5. The van der Waals surface area contributed by atoms with Crippen molar-refractivity contribution < 1.29 is 32.7 Å². The van der Waals surface area contributed by atoms with Gasteiger partial charge < -0.3 is 34.6 Å². The fraction of sp³-hybridized carbons (Fsp3) is 0.500. The van der Waals surface area contributed by atoms with Gasteiger partial charge in [-0.2, -0.15) is 0 Å². The van der Waals surface area contributed by atoms with Crippen molar-refractivity contribution in [2.45, 2.75) is 30.3 Å². The monoisotopic (exact) mass is 528 g/mol. The molecule has 0 saturated carbocycles. The number of hydrogen-bond acceptors (Lipinski definition) is 7. The highest BCUT2D eigenvalue weighted by atomic mass is 35.5. The fourth-order valence-corrected chi connectivity index (χ4v) is 5.01. The minimum absolute atomic E-state index is 0.0608. The van der Waals surface area contributed by atoms with Gasteiger partial charge in [-0.3, -0.25) is 14.2 Å². The van der Waals surface area contributed by atoms with Crippen LogP contribution in [0.15, 0.2) is 47.9 Å². The number of ether oxygens (including phenoxy) is 1. The summed E-state index contributed by atoms with van der Waals surface area (Å²) in [5.41, 5.74) is 1.02. The smallest absolute Gasteiger partial charge is 0.332 e. The SMILES string of the molecule is COP(=O)(C[C@H](NC(=O)NC1=CCC(Cl)C=C1)C(=O)NC1=CCC(N2CCOCC2=O)C=C1)OC. The van der Waals surface area contributed by atoms with E-state index < -0.39 is 25.6 Å². The third kappa shape index (κ3) is 7.78. The highest BCUT2D eigenvalue weighted by Gasteiger charge is 2.33. The van der Waals surface area contributed by atoms with Crippen LogP contribution >= 0.6 is 19.2 Å². The molecular formula is C22H30ClN4O7P. The lowest BCUT2D eigenvalue weighted by atomic mass is 10.0. The summed E-state index contributed by atoms with van der Waals surface area (Å²) in [6.45, 7) is 1.05. The van der Waals surface area contributed by atoms with Crippen molar-refractivity contribution in [1.82, 2.24) is 20.9 Å². The average Bonchev–Trinajstić information content (AvgIpc) is 2.86. The number of alkyl halides is 1. The molecule has 35 heavy (non-hydrogen) atoms. The van der Waals surface area contributed by atoms with Gasteiger partial charge in [-0.25, -0.2) is 4.79 Å². The van der Waals surface area contributed by atoms with Crippen molar-refractivity contribution in [1.29, 1.82) is 0 Å². The molecule has 1 aliphatic heterocycles. The zero-order valence-corrected chi connectivity index (χ0v) is 21.2. The molecule has 3 rings (SSSR count). The maximum absolute atomic E-state index is 13.0. The number of nitrogens with one attached hydrogen (secondary N) is 3. The Morgan fingerprint density at radius 1 is 1.17 bits per heavy atom. The molecule has 13 heteroatoms. The molecule has 0 aromatic rings. The van der Waals surface area contributed by atoms with Gasteiger partial charge in [0.2, 0.25) is 11.8 Å². The van der Waals surface area contributed by atoms with Crippen molar-refractivity contribution in [3.63, 3.8) is 0 Å². The summed E-state index contributed by atoms with van der Waals surface area (Å²) in [5.74, 6) is -0.679.